The minimum atomic E-state index is -1.08. The van der Waals surface area contributed by atoms with Gasteiger partial charge in [0.05, 0.1) is 4.88 Å². The summed E-state index contributed by atoms with van der Waals surface area (Å²) < 4.78 is 0. The quantitative estimate of drug-likeness (QED) is 0.578. The molecule has 0 atom stereocenters. The van der Waals surface area contributed by atoms with Crippen molar-refractivity contribution in [2.45, 2.75) is 6.54 Å². The van der Waals surface area contributed by atoms with Gasteiger partial charge >= 0.3 is 5.97 Å². The van der Waals surface area contributed by atoms with Crippen LogP contribution in [0, 0.1) is 0 Å². The summed E-state index contributed by atoms with van der Waals surface area (Å²) in [5, 5.41) is 8.78. The van der Waals surface area contributed by atoms with Crippen LogP contribution in [0.3, 0.4) is 0 Å². The fraction of sp³-hybridized carbons (Fsp3) is 0.200. The second-order valence-electron chi connectivity index (χ2n) is 1.83. The van der Waals surface area contributed by atoms with Gasteiger partial charge in [-0.15, -0.1) is 11.3 Å². The molecular formula is C5H7N3O2S. The Hall–Kier alpha value is -1.14. The summed E-state index contributed by atoms with van der Waals surface area (Å²) in [5.74, 6) is -1.08. The van der Waals surface area contributed by atoms with Crippen LogP contribution < -0.4 is 11.5 Å². The highest BCUT2D eigenvalue weighted by Gasteiger charge is 2.14. The average Bonchev–Trinajstić information content (AvgIpc) is 2.30. The van der Waals surface area contributed by atoms with Crippen LogP contribution >= 0.6 is 11.3 Å². The third-order valence-corrected chi connectivity index (χ3v) is 2.01. The zero-order valence-electron chi connectivity index (χ0n) is 5.57. The first kappa shape index (κ1) is 7.96. The van der Waals surface area contributed by atoms with Crippen LogP contribution in [0.4, 0.5) is 5.13 Å². The van der Waals surface area contributed by atoms with Crippen molar-refractivity contribution in [2.75, 3.05) is 5.73 Å². The van der Waals surface area contributed by atoms with Crippen molar-refractivity contribution >= 4 is 22.4 Å². The Morgan fingerprint density at radius 1 is 1.73 bits per heavy atom. The summed E-state index contributed by atoms with van der Waals surface area (Å²) in [6, 6.07) is 0. The predicted molar refractivity (Wildman–Crippen MR) is 41.4 cm³/mol. The van der Waals surface area contributed by atoms with Crippen LogP contribution in [0.5, 0.6) is 0 Å². The number of aromatic carboxylic acids is 1. The molecule has 0 amide bonds. The van der Waals surface area contributed by atoms with E-state index in [2.05, 4.69) is 4.98 Å². The number of nitrogen functional groups attached to an aromatic ring is 1. The van der Waals surface area contributed by atoms with Crippen molar-refractivity contribution in [3.05, 3.63) is 10.6 Å². The molecule has 6 heteroatoms. The van der Waals surface area contributed by atoms with Crippen LogP contribution in [-0.2, 0) is 6.54 Å². The molecule has 0 saturated carbocycles. The summed E-state index contributed by atoms with van der Waals surface area (Å²) in [6.07, 6.45) is 0. The molecule has 5 N–H and O–H groups in total. The van der Waals surface area contributed by atoms with Gasteiger partial charge in [-0.2, -0.15) is 0 Å². The van der Waals surface area contributed by atoms with Crippen molar-refractivity contribution < 1.29 is 9.90 Å². The van der Waals surface area contributed by atoms with Gasteiger partial charge in [-0.25, -0.2) is 9.78 Å². The number of carbonyl (C=O) groups is 1. The number of carboxylic acids is 1. The Labute approximate surface area is 66.7 Å². The van der Waals surface area contributed by atoms with E-state index in [0.717, 1.165) is 11.3 Å². The Balaban J connectivity index is 3.12. The fourth-order valence-corrected chi connectivity index (χ4v) is 1.38. The van der Waals surface area contributed by atoms with E-state index in [-0.39, 0.29) is 17.4 Å². The zero-order chi connectivity index (χ0) is 8.43. The van der Waals surface area contributed by atoms with Gasteiger partial charge in [0.25, 0.3) is 0 Å². The number of thiazole rings is 1. The fourth-order valence-electron chi connectivity index (χ4n) is 0.675. The molecule has 1 rings (SSSR count). The Kier molecular flexibility index (Phi) is 2.06. The summed E-state index contributed by atoms with van der Waals surface area (Å²) in [6.45, 7) is 0.163. The van der Waals surface area contributed by atoms with Gasteiger partial charge in [-0.05, 0) is 0 Å². The Morgan fingerprint density at radius 3 is 2.73 bits per heavy atom. The SMILES string of the molecule is NCc1sc(N)nc1C(=O)O. The molecule has 60 valence electrons. The highest BCUT2D eigenvalue weighted by molar-refractivity contribution is 7.15. The molecule has 0 aromatic carbocycles. The van der Waals surface area contributed by atoms with Crippen LogP contribution in [0.1, 0.15) is 15.4 Å². The minimum absolute atomic E-state index is 0.0324. The Morgan fingerprint density at radius 2 is 2.36 bits per heavy atom. The molecule has 1 aromatic heterocycles. The second kappa shape index (κ2) is 2.85. The number of nitrogens with zero attached hydrogens (tertiary/aromatic N) is 1. The van der Waals surface area contributed by atoms with E-state index in [4.69, 9.17) is 16.6 Å². The van der Waals surface area contributed by atoms with E-state index >= 15 is 0 Å². The molecule has 0 fully saturated rings. The molecule has 0 bridgehead atoms. The normalized spacial score (nSPS) is 9.91. The number of anilines is 1. The summed E-state index contributed by atoms with van der Waals surface area (Å²) in [5.41, 5.74) is 10.5. The predicted octanol–water partition coefficient (Wildman–Crippen LogP) is -0.118. The van der Waals surface area contributed by atoms with E-state index in [1.807, 2.05) is 0 Å². The van der Waals surface area contributed by atoms with Crippen LogP contribution in [0.2, 0.25) is 0 Å². The van der Waals surface area contributed by atoms with Crippen molar-refractivity contribution in [3.8, 4) is 0 Å². The maximum atomic E-state index is 10.4. The van der Waals surface area contributed by atoms with Crippen LogP contribution in [0.25, 0.3) is 0 Å². The number of carboxylic acid groups (broad SMARTS) is 1. The molecule has 0 radical (unpaired) electrons. The molecule has 0 aliphatic carbocycles. The molecule has 1 aromatic rings. The van der Waals surface area contributed by atoms with Crippen LogP contribution in [-0.4, -0.2) is 16.1 Å². The smallest absolute Gasteiger partial charge is 0.355 e. The number of nitrogens with two attached hydrogens (primary N) is 2. The van der Waals surface area contributed by atoms with Gasteiger partial charge in [0.15, 0.2) is 10.8 Å². The van der Waals surface area contributed by atoms with E-state index in [1.54, 1.807) is 0 Å². The van der Waals surface area contributed by atoms with Gasteiger partial charge < -0.3 is 16.6 Å². The number of aromatic nitrogens is 1. The lowest BCUT2D eigenvalue weighted by atomic mass is 10.4. The topological polar surface area (TPSA) is 102 Å². The average molecular weight is 173 g/mol. The first-order chi connectivity index (χ1) is 5.15. The lowest BCUT2D eigenvalue weighted by molar-refractivity contribution is 0.0690. The third kappa shape index (κ3) is 1.47. The van der Waals surface area contributed by atoms with Crippen molar-refractivity contribution in [2.24, 2.45) is 5.73 Å². The van der Waals surface area contributed by atoms with Crippen molar-refractivity contribution in [1.29, 1.82) is 0 Å². The summed E-state index contributed by atoms with van der Waals surface area (Å²) >= 11 is 1.10. The minimum Gasteiger partial charge on any atom is -0.476 e. The molecule has 0 spiro atoms. The molecule has 11 heavy (non-hydrogen) atoms. The Bertz CT molecular complexity index is 283. The lowest BCUT2D eigenvalue weighted by Crippen LogP contribution is -2.04. The molecule has 0 aliphatic heterocycles. The summed E-state index contributed by atoms with van der Waals surface area (Å²) in [4.78, 5) is 14.5. The second-order valence-corrected chi connectivity index (χ2v) is 2.95. The van der Waals surface area contributed by atoms with E-state index in [0.29, 0.717) is 4.88 Å². The van der Waals surface area contributed by atoms with Crippen LogP contribution in [0.15, 0.2) is 0 Å². The maximum Gasteiger partial charge on any atom is 0.355 e. The maximum absolute atomic E-state index is 10.4. The third-order valence-electron chi connectivity index (χ3n) is 1.10. The molecule has 0 aliphatic rings. The monoisotopic (exact) mass is 173 g/mol. The molecule has 0 saturated heterocycles. The van der Waals surface area contributed by atoms with E-state index in [9.17, 15) is 4.79 Å². The lowest BCUT2D eigenvalue weighted by Gasteiger charge is -1.89. The van der Waals surface area contributed by atoms with Gasteiger partial charge in [0, 0.05) is 6.54 Å². The van der Waals surface area contributed by atoms with Crippen molar-refractivity contribution in [1.82, 2.24) is 4.98 Å². The van der Waals surface area contributed by atoms with E-state index < -0.39 is 5.97 Å². The standard InChI is InChI=1S/C5H7N3O2S/c6-1-2-3(4(9)10)8-5(7)11-2/h1,6H2,(H2,7,8)(H,9,10). The summed E-state index contributed by atoms with van der Waals surface area (Å²) in [7, 11) is 0. The zero-order valence-corrected chi connectivity index (χ0v) is 6.39. The van der Waals surface area contributed by atoms with Gasteiger partial charge in [0.2, 0.25) is 0 Å². The van der Waals surface area contributed by atoms with Gasteiger partial charge in [-0.3, -0.25) is 0 Å². The number of hydrogen-bond acceptors (Lipinski definition) is 5. The van der Waals surface area contributed by atoms with E-state index in [1.165, 1.54) is 0 Å². The molecule has 0 unspecified atom stereocenters. The molecule has 5 nitrogen and oxygen atoms in total. The van der Waals surface area contributed by atoms with Crippen molar-refractivity contribution in [3.63, 3.8) is 0 Å². The number of hydrogen-bond donors (Lipinski definition) is 3. The first-order valence-electron chi connectivity index (χ1n) is 2.83. The number of rotatable bonds is 2. The molecule has 1 heterocycles. The van der Waals surface area contributed by atoms with Gasteiger partial charge in [-0.1, -0.05) is 0 Å². The largest absolute Gasteiger partial charge is 0.476 e. The first-order valence-corrected chi connectivity index (χ1v) is 3.65. The molecular weight excluding hydrogens is 166 g/mol. The highest BCUT2D eigenvalue weighted by Crippen LogP contribution is 2.19. The van der Waals surface area contributed by atoms with Gasteiger partial charge in [0.1, 0.15) is 0 Å². The highest BCUT2D eigenvalue weighted by atomic mass is 32.1.